The molecule has 0 aliphatic heterocycles. The van der Waals surface area contributed by atoms with Gasteiger partial charge in [-0.25, -0.2) is 0 Å². The van der Waals surface area contributed by atoms with Gasteiger partial charge in [-0.2, -0.15) is 10.5 Å². The topological polar surface area (TPSA) is 75.5 Å². The molecular formula is C50H27N5O. The zero-order chi connectivity index (χ0) is 37.1. The van der Waals surface area contributed by atoms with Crippen molar-refractivity contribution in [3.8, 4) is 29.2 Å². The third kappa shape index (κ3) is 4.07. The molecule has 0 bridgehead atoms. The molecule has 0 spiro atoms. The first-order valence-electron chi connectivity index (χ1n) is 18.5. The first-order valence-corrected chi connectivity index (χ1v) is 18.5. The molecule has 8 aromatic carbocycles. The van der Waals surface area contributed by atoms with Crippen LogP contribution in [-0.2, 0) is 0 Å². The van der Waals surface area contributed by atoms with Gasteiger partial charge in [-0.15, -0.1) is 0 Å². The first-order chi connectivity index (χ1) is 27.7. The van der Waals surface area contributed by atoms with E-state index in [4.69, 9.17) is 4.42 Å². The largest absolute Gasteiger partial charge is 0.456 e. The fraction of sp³-hybridized carbons (Fsp3) is 0. The summed E-state index contributed by atoms with van der Waals surface area (Å²) in [7, 11) is 0. The average molecular weight is 714 g/mol. The smallest absolute Gasteiger partial charge is 0.135 e. The lowest BCUT2D eigenvalue weighted by atomic mass is 10.1. The predicted molar refractivity (Wildman–Crippen MR) is 226 cm³/mol. The Kier molecular flexibility index (Phi) is 6.10. The van der Waals surface area contributed by atoms with Crippen LogP contribution in [0.25, 0.3) is 104 Å². The molecule has 0 saturated heterocycles. The van der Waals surface area contributed by atoms with E-state index < -0.39 is 0 Å². The van der Waals surface area contributed by atoms with E-state index in [0.29, 0.717) is 11.1 Å². The number of furan rings is 1. The lowest BCUT2D eigenvalue weighted by molar-refractivity contribution is 0.669. The predicted octanol–water partition coefficient (Wildman–Crippen LogP) is 12.6. The van der Waals surface area contributed by atoms with Gasteiger partial charge in [0.25, 0.3) is 0 Å². The minimum absolute atomic E-state index is 0.619. The van der Waals surface area contributed by atoms with Crippen LogP contribution in [-0.4, -0.2) is 13.7 Å². The maximum absolute atomic E-state index is 10.1. The summed E-state index contributed by atoms with van der Waals surface area (Å²) in [5, 5.41) is 28.4. The van der Waals surface area contributed by atoms with E-state index >= 15 is 0 Å². The number of nitrogens with zero attached hydrogens (tertiary/aromatic N) is 5. The average Bonchev–Trinajstić information content (AvgIpc) is 3.99. The molecule has 12 aromatic rings. The molecule has 0 atom stereocenters. The zero-order valence-electron chi connectivity index (χ0n) is 29.7. The van der Waals surface area contributed by atoms with Gasteiger partial charge in [-0.1, -0.05) is 60.7 Å². The Hall–Kier alpha value is -8.06. The van der Waals surface area contributed by atoms with Crippen LogP contribution in [0.3, 0.4) is 0 Å². The third-order valence-electron chi connectivity index (χ3n) is 11.5. The zero-order valence-corrected chi connectivity index (χ0v) is 29.7. The lowest BCUT2D eigenvalue weighted by Crippen LogP contribution is -1.95. The Morgan fingerprint density at radius 2 is 0.875 bits per heavy atom. The standard InChI is InChI=1S/C50H27N5O/c51-28-30-14-19-44-38(24-30)36-11-5-6-12-42(36)53(44)33-16-22-47-39(26-33)40-27-34(17-23-48(40)56-47)54-45-20-15-31(29-52)25-41(45)49-46(54)21-18-37-35-10-4-7-13-43(35)55(50(37)49)32-8-2-1-3-9-32/h1-27H. The number of hydrogen-bond acceptors (Lipinski definition) is 3. The van der Waals surface area contributed by atoms with E-state index in [0.717, 1.165) is 99.0 Å². The van der Waals surface area contributed by atoms with Crippen LogP contribution in [0.1, 0.15) is 11.1 Å². The highest BCUT2D eigenvalue weighted by Crippen LogP contribution is 2.43. The minimum atomic E-state index is 0.619. The van der Waals surface area contributed by atoms with Gasteiger partial charge in [0.2, 0.25) is 0 Å². The van der Waals surface area contributed by atoms with E-state index in [1.165, 1.54) is 5.39 Å². The molecular weight excluding hydrogens is 687 g/mol. The molecule has 0 aliphatic rings. The SMILES string of the molecule is N#Cc1ccc2c(c1)c1ccccc1n2-c1ccc2oc3ccc(-n4c5ccc(C#N)cc5c5c4ccc4c6ccccc6n(-c6ccccc6)c45)cc3c2c1. The van der Waals surface area contributed by atoms with Crippen molar-refractivity contribution in [1.29, 1.82) is 10.5 Å². The quantitative estimate of drug-likeness (QED) is 0.183. The van der Waals surface area contributed by atoms with Crippen molar-refractivity contribution in [2.75, 3.05) is 0 Å². The van der Waals surface area contributed by atoms with E-state index in [1.54, 1.807) is 0 Å². The van der Waals surface area contributed by atoms with Crippen LogP contribution in [0, 0.1) is 22.7 Å². The van der Waals surface area contributed by atoms with Gasteiger partial charge in [0.15, 0.2) is 0 Å². The summed E-state index contributed by atoms with van der Waals surface area (Å²) in [5.74, 6) is 0. The number of fused-ring (bicyclic) bond motifs is 13. The van der Waals surface area contributed by atoms with Crippen LogP contribution in [0.4, 0.5) is 0 Å². The van der Waals surface area contributed by atoms with Crippen molar-refractivity contribution < 1.29 is 4.42 Å². The maximum atomic E-state index is 10.1. The van der Waals surface area contributed by atoms with Gasteiger partial charge in [-0.3, -0.25) is 0 Å². The monoisotopic (exact) mass is 713 g/mol. The molecule has 56 heavy (non-hydrogen) atoms. The minimum Gasteiger partial charge on any atom is -0.456 e. The lowest BCUT2D eigenvalue weighted by Gasteiger charge is -2.10. The van der Waals surface area contributed by atoms with Crippen LogP contribution >= 0.6 is 0 Å². The molecule has 0 radical (unpaired) electrons. The van der Waals surface area contributed by atoms with Crippen LogP contribution in [0.15, 0.2) is 168 Å². The van der Waals surface area contributed by atoms with Gasteiger partial charge in [0.1, 0.15) is 11.2 Å². The van der Waals surface area contributed by atoms with Crippen molar-refractivity contribution in [3.63, 3.8) is 0 Å². The van der Waals surface area contributed by atoms with Gasteiger partial charge in [0, 0.05) is 60.2 Å². The molecule has 0 unspecified atom stereocenters. The highest BCUT2D eigenvalue weighted by atomic mass is 16.3. The molecule has 0 amide bonds. The van der Waals surface area contributed by atoms with E-state index in [9.17, 15) is 10.5 Å². The Balaban J connectivity index is 1.14. The Labute approximate surface area is 319 Å². The number of hydrogen-bond donors (Lipinski definition) is 0. The number of rotatable bonds is 3. The summed E-state index contributed by atoms with van der Waals surface area (Å²) in [5.41, 5.74) is 12.4. The van der Waals surface area contributed by atoms with Gasteiger partial charge >= 0.3 is 0 Å². The molecule has 4 heterocycles. The first kappa shape index (κ1) is 30.4. The van der Waals surface area contributed by atoms with Crippen molar-refractivity contribution in [1.82, 2.24) is 13.7 Å². The normalized spacial score (nSPS) is 11.9. The molecule has 0 saturated carbocycles. The Morgan fingerprint density at radius 1 is 0.357 bits per heavy atom. The fourth-order valence-corrected chi connectivity index (χ4v) is 9.10. The number of benzene rings is 8. The second kappa shape index (κ2) is 11.2. The van der Waals surface area contributed by atoms with Gasteiger partial charge in [-0.05, 0) is 103 Å². The molecule has 0 aliphatic carbocycles. The summed E-state index contributed by atoms with van der Waals surface area (Å²) in [6.45, 7) is 0. The summed E-state index contributed by atoms with van der Waals surface area (Å²) in [6.07, 6.45) is 0. The van der Waals surface area contributed by atoms with Crippen molar-refractivity contribution in [2.24, 2.45) is 0 Å². The second-order valence-electron chi connectivity index (χ2n) is 14.4. The highest BCUT2D eigenvalue weighted by molar-refractivity contribution is 6.26. The van der Waals surface area contributed by atoms with Crippen molar-refractivity contribution in [3.05, 3.63) is 175 Å². The van der Waals surface area contributed by atoms with E-state index in [1.807, 2.05) is 42.5 Å². The van der Waals surface area contributed by atoms with Crippen molar-refractivity contribution >= 4 is 87.4 Å². The molecule has 6 nitrogen and oxygen atoms in total. The van der Waals surface area contributed by atoms with E-state index in [2.05, 4.69) is 147 Å². The molecule has 0 N–H and O–H groups in total. The number of aromatic nitrogens is 3. The number of nitriles is 2. The van der Waals surface area contributed by atoms with Crippen LogP contribution < -0.4 is 0 Å². The van der Waals surface area contributed by atoms with Crippen LogP contribution in [0.2, 0.25) is 0 Å². The maximum Gasteiger partial charge on any atom is 0.135 e. The molecule has 6 heteroatoms. The molecule has 12 rings (SSSR count). The van der Waals surface area contributed by atoms with Gasteiger partial charge < -0.3 is 18.1 Å². The van der Waals surface area contributed by atoms with E-state index in [-0.39, 0.29) is 0 Å². The summed E-state index contributed by atoms with van der Waals surface area (Å²) >= 11 is 0. The number of para-hydroxylation sites is 3. The van der Waals surface area contributed by atoms with Crippen LogP contribution in [0.5, 0.6) is 0 Å². The summed E-state index contributed by atoms with van der Waals surface area (Å²) in [6, 6.07) is 61.3. The molecule has 0 fully saturated rings. The Morgan fingerprint density at radius 3 is 1.54 bits per heavy atom. The molecule has 4 aromatic heterocycles. The summed E-state index contributed by atoms with van der Waals surface area (Å²) < 4.78 is 13.4. The summed E-state index contributed by atoms with van der Waals surface area (Å²) in [4.78, 5) is 0. The molecule has 258 valence electrons. The highest BCUT2D eigenvalue weighted by Gasteiger charge is 2.22. The van der Waals surface area contributed by atoms with Gasteiger partial charge in [0.05, 0.1) is 56.4 Å². The second-order valence-corrected chi connectivity index (χ2v) is 14.4. The third-order valence-corrected chi connectivity index (χ3v) is 11.5. The fourth-order valence-electron chi connectivity index (χ4n) is 9.10. The van der Waals surface area contributed by atoms with Crippen molar-refractivity contribution in [2.45, 2.75) is 0 Å². The Bertz CT molecular complexity index is 3730.